The molecule has 1 nitrogen and oxygen atoms in total. The Bertz CT molecular complexity index is 686. The summed E-state index contributed by atoms with van der Waals surface area (Å²) in [6.07, 6.45) is 17.9. The molecule has 0 aromatic rings. The van der Waals surface area contributed by atoms with E-state index in [2.05, 4.69) is 53.7 Å². The molecular formula is C29H48O. The Morgan fingerprint density at radius 3 is 2.47 bits per heavy atom. The van der Waals surface area contributed by atoms with Gasteiger partial charge in [-0.05, 0) is 111 Å². The van der Waals surface area contributed by atoms with Crippen molar-refractivity contribution in [3.05, 3.63) is 23.3 Å². The van der Waals surface area contributed by atoms with Gasteiger partial charge in [0.25, 0.3) is 0 Å². The zero-order valence-corrected chi connectivity index (χ0v) is 20.7. The molecule has 0 bridgehead atoms. The van der Waals surface area contributed by atoms with E-state index in [1.165, 1.54) is 51.4 Å². The first-order valence-corrected chi connectivity index (χ1v) is 13.3. The molecule has 4 aliphatic rings. The molecule has 2 saturated carbocycles. The lowest BCUT2D eigenvalue weighted by Gasteiger charge is -2.55. The molecule has 30 heavy (non-hydrogen) atoms. The second-order valence-corrected chi connectivity index (χ2v) is 12.4. The minimum Gasteiger partial charge on any atom is -0.393 e. The highest BCUT2D eigenvalue weighted by atomic mass is 16.3. The van der Waals surface area contributed by atoms with Gasteiger partial charge in [0.1, 0.15) is 0 Å². The van der Waals surface area contributed by atoms with E-state index in [4.69, 9.17) is 0 Å². The van der Waals surface area contributed by atoms with E-state index in [0.717, 1.165) is 42.4 Å². The van der Waals surface area contributed by atoms with Crippen molar-refractivity contribution in [1.82, 2.24) is 0 Å². The second-order valence-electron chi connectivity index (χ2n) is 12.4. The van der Waals surface area contributed by atoms with Gasteiger partial charge in [-0.15, -0.1) is 0 Å². The number of aliphatic hydroxyl groups excluding tert-OH is 1. The molecule has 4 aliphatic carbocycles. The van der Waals surface area contributed by atoms with Crippen molar-refractivity contribution in [2.24, 2.45) is 46.3 Å². The van der Waals surface area contributed by atoms with Crippen LogP contribution in [0.4, 0.5) is 0 Å². The van der Waals surface area contributed by atoms with E-state index >= 15 is 0 Å². The maximum absolute atomic E-state index is 10.3. The summed E-state index contributed by atoms with van der Waals surface area (Å²) in [5, 5.41) is 10.3. The molecule has 0 spiro atoms. The maximum Gasteiger partial charge on any atom is 0.0543 e. The van der Waals surface area contributed by atoms with Gasteiger partial charge in [-0.3, -0.25) is 0 Å². The normalized spacial score (nSPS) is 43.5. The van der Waals surface area contributed by atoms with Crippen molar-refractivity contribution < 1.29 is 5.11 Å². The fraction of sp³-hybridized carbons (Fsp3) is 0.862. The zero-order valence-electron chi connectivity index (χ0n) is 20.7. The zero-order chi connectivity index (χ0) is 21.7. The molecule has 170 valence electrons. The van der Waals surface area contributed by atoms with Crippen molar-refractivity contribution in [3.63, 3.8) is 0 Å². The molecule has 1 N–H and O–H groups in total. The van der Waals surface area contributed by atoms with E-state index in [0.29, 0.717) is 16.7 Å². The molecular weight excluding hydrogens is 364 g/mol. The fourth-order valence-corrected chi connectivity index (χ4v) is 8.62. The second kappa shape index (κ2) is 8.42. The van der Waals surface area contributed by atoms with Crippen LogP contribution in [0.1, 0.15) is 106 Å². The number of allylic oxidation sites excluding steroid dienone is 4. The molecule has 0 aromatic carbocycles. The van der Waals surface area contributed by atoms with Gasteiger partial charge >= 0.3 is 0 Å². The van der Waals surface area contributed by atoms with Crippen LogP contribution in [0.25, 0.3) is 0 Å². The third kappa shape index (κ3) is 3.66. The summed E-state index contributed by atoms with van der Waals surface area (Å²) < 4.78 is 0. The lowest BCUT2D eigenvalue weighted by Crippen LogP contribution is -2.45. The predicted molar refractivity (Wildman–Crippen MR) is 128 cm³/mol. The monoisotopic (exact) mass is 412 g/mol. The highest BCUT2D eigenvalue weighted by Gasteiger charge is 2.55. The number of hydrogen-bond acceptors (Lipinski definition) is 1. The largest absolute Gasteiger partial charge is 0.393 e. The van der Waals surface area contributed by atoms with E-state index in [1.54, 1.807) is 0 Å². The predicted octanol–water partition coefficient (Wildman–Crippen LogP) is 7.94. The lowest BCUT2D eigenvalue weighted by atomic mass is 9.50. The summed E-state index contributed by atoms with van der Waals surface area (Å²) in [4.78, 5) is 0. The summed E-state index contributed by atoms with van der Waals surface area (Å²) in [5.74, 6) is 4.58. The van der Waals surface area contributed by atoms with Crippen molar-refractivity contribution in [2.75, 3.05) is 0 Å². The Morgan fingerprint density at radius 2 is 1.77 bits per heavy atom. The number of rotatable bonds is 5. The highest BCUT2D eigenvalue weighted by Crippen LogP contribution is 2.65. The molecule has 0 saturated heterocycles. The van der Waals surface area contributed by atoms with Crippen LogP contribution in [0.5, 0.6) is 0 Å². The average molecular weight is 413 g/mol. The van der Waals surface area contributed by atoms with Crippen molar-refractivity contribution >= 4 is 0 Å². The van der Waals surface area contributed by atoms with Gasteiger partial charge in [0.05, 0.1) is 6.10 Å². The first-order chi connectivity index (χ1) is 14.2. The molecule has 0 aliphatic heterocycles. The third-order valence-electron chi connectivity index (χ3n) is 10.7. The van der Waals surface area contributed by atoms with E-state index in [-0.39, 0.29) is 6.10 Å². The first-order valence-electron chi connectivity index (χ1n) is 13.3. The molecule has 4 rings (SSSR count). The molecule has 0 amide bonds. The van der Waals surface area contributed by atoms with E-state index in [1.807, 2.05) is 11.1 Å². The van der Waals surface area contributed by atoms with Crippen LogP contribution in [0.3, 0.4) is 0 Å². The summed E-state index contributed by atoms with van der Waals surface area (Å²) in [6.45, 7) is 14.8. The number of fused-ring (bicyclic) bond motifs is 4. The van der Waals surface area contributed by atoms with Crippen LogP contribution in [-0.4, -0.2) is 11.2 Å². The Balaban J connectivity index is 1.55. The van der Waals surface area contributed by atoms with Gasteiger partial charge in [0, 0.05) is 0 Å². The number of aliphatic hydroxyl groups is 1. The Kier molecular flexibility index (Phi) is 6.35. The van der Waals surface area contributed by atoms with E-state index < -0.39 is 0 Å². The van der Waals surface area contributed by atoms with Crippen molar-refractivity contribution in [2.45, 2.75) is 112 Å². The van der Waals surface area contributed by atoms with Crippen molar-refractivity contribution in [3.8, 4) is 0 Å². The van der Waals surface area contributed by atoms with Gasteiger partial charge in [-0.2, -0.15) is 0 Å². The SMILES string of the molecule is CC[C@H](C=C[C@@H](C)[C@H]1CC[C@H]2C3=C(CC[C@]12C)[C@@]1(C)CCC(O)CC1CC3)C(C)C. The summed E-state index contributed by atoms with van der Waals surface area (Å²) in [7, 11) is 0. The highest BCUT2D eigenvalue weighted by molar-refractivity contribution is 5.34. The lowest BCUT2D eigenvalue weighted by molar-refractivity contribution is 0.0145. The first kappa shape index (κ1) is 22.6. The molecule has 1 heteroatoms. The standard InChI is InChI=1S/C29H48O/c1-7-21(19(2)3)9-8-20(4)25-12-13-26-24-11-10-22-18-23(30)14-16-28(22,5)27(24)15-17-29(25,26)6/h8-9,19-23,25-26,30H,7,10-18H2,1-6H3/t20-,21-,22?,23?,25-,26+,28+,29-/m1/s1. The van der Waals surface area contributed by atoms with Crippen LogP contribution in [0.15, 0.2) is 23.3 Å². The molecule has 2 fully saturated rings. The van der Waals surface area contributed by atoms with Gasteiger partial charge in [-0.25, -0.2) is 0 Å². The Hall–Kier alpha value is -0.560. The van der Waals surface area contributed by atoms with Gasteiger partial charge in [0.15, 0.2) is 0 Å². The summed E-state index contributed by atoms with van der Waals surface area (Å²) in [6, 6.07) is 0. The van der Waals surface area contributed by atoms with Gasteiger partial charge in [-0.1, -0.05) is 64.8 Å². The smallest absolute Gasteiger partial charge is 0.0543 e. The quantitative estimate of drug-likeness (QED) is 0.454. The van der Waals surface area contributed by atoms with Crippen LogP contribution in [0, 0.1) is 46.3 Å². The fourth-order valence-electron chi connectivity index (χ4n) is 8.62. The third-order valence-corrected chi connectivity index (χ3v) is 10.7. The molecule has 0 heterocycles. The Morgan fingerprint density at radius 1 is 1.00 bits per heavy atom. The molecule has 2 unspecified atom stereocenters. The maximum atomic E-state index is 10.3. The Labute approximate surface area is 186 Å². The topological polar surface area (TPSA) is 20.2 Å². The van der Waals surface area contributed by atoms with Gasteiger partial charge in [0.2, 0.25) is 0 Å². The van der Waals surface area contributed by atoms with Crippen LogP contribution < -0.4 is 0 Å². The minimum absolute atomic E-state index is 0.0413. The average Bonchev–Trinajstić information content (AvgIpc) is 3.06. The summed E-state index contributed by atoms with van der Waals surface area (Å²) >= 11 is 0. The van der Waals surface area contributed by atoms with E-state index in [9.17, 15) is 5.11 Å². The number of hydrogen-bond donors (Lipinski definition) is 1. The van der Waals surface area contributed by atoms with Gasteiger partial charge < -0.3 is 5.11 Å². The minimum atomic E-state index is -0.0413. The molecule has 0 radical (unpaired) electrons. The van der Waals surface area contributed by atoms with Crippen molar-refractivity contribution in [1.29, 1.82) is 0 Å². The summed E-state index contributed by atoms with van der Waals surface area (Å²) in [5.41, 5.74) is 4.65. The molecule has 8 atom stereocenters. The van der Waals surface area contributed by atoms with Crippen LogP contribution >= 0.6 is 0 Å². The molecule has 0 aromatic heterocycles. The van der Waals surface area contributed by atoms with Crippen LogP contribution in [-0.2, 0) is 0 Å². The van der Waals surface area contributed by atoms with Crippen LogP contribution in [0.2, 0.25) is 0 Å².